The monoisotopic (exact) mass is 354 g/mol. The van der Waals surface area contributed by atoms with Crippen molar-refractivity contribution in [3.8, 4) is 5.75 Å². The van der Waals surface area contributed by atoms with E-state index in [-0.39, 0.29) is 16.3 Å². The Morgan fingerprint density at radius 2 is 1.95 bits per heavy atom. The van der Waals surface area contributed by atoms with E-state index in [0.717, 1.165) is 0 Å². The minimum atomic E-state index is -2.59. The maximum Gasteiger partial charge on any atom is 0.258 e. The first kappa shape index (κ1) is 15.0. The number of halogens is 4. The standard InChI is InChI=1S/C12H14BrClF2N2O/c13-7-5-8(11(19)9(14)6-7)10(12(15)16)18-3-1-17-2-4-18/h5-6,10,12,17,19H,1-4H2/t10-/m1/s1. The highest BCUT2D eigenvalue weighted by molar-refractivity contribution is 9.10. The van der Waals surface area contributed by atoms with E-state index in [9.17, 15) is 13.9 Å². The summed E-state index contributed by atoms with van der Waals surface area (Å²) in [6.45, 7) is 2.34. The van der Waals surface area contributed by atoms with Crippen LogP contribution in [0.5, 0.6) is 5.75 Å². The van der Waals surface area contributed by atoms with Gasteiger partial charge < -0.3 is 10.4 Å². The molecule has 2 N–H and O–H groups in total. The molecule has 7 heteroatoms. The number of benzene rings is 1. The minimum absolute atomic E-state index is 0.0742. The van der Waals surface area contributed by atoms with Crippen LogP contribution in [0.4, 0.5) is 8.78 Å². The van der Waals surface area contributed by atoms with Gasteiger partial charge in [0.15, 0.2) is 0 Å². The smallest absolute Gasteiger partial charge is 0.258 e. The summed E-state index contributed by atoms with van der Waals surface area (Å²) in [7, 11) is 0. The Morgan fingerprint density at radius 1 is 1.32 bits per heavy atom. The molecule has 1 fully saturated rings. The van der Waals surface area contributed by atoms with Gasteiger partial charge >= 0.3 is 0 Å². The molecule has 0 spiro atoms. The van der Waals surface area contributed by atoms with Crippen molar-refractivity contribution in [2.75, 3.05) is 26.2 Å². The first-order chi connectivity index (χ1) is 9.00. The maximum absolute atomic E-state index is 13.4. The molecule has 0 unspecified atom stereocenters. The minimum Gasteiger partial charge on any atom is -0.506 e. The van der Waals surface area contributed by atoms with Crippen LogP contribution in [-0.2, 0) is 0 Å². The Labute approximate surface area is 123 Å². The zero-order valence-electron chi connectivity index (χ0n) is 10.0. The van der Waals surface area contributed by atoms with Crippen molar-refractivity contribution in [2.24, 2.45) is 0 Å². The molecule has 1 atom stereocenters. The number of aromatic hydroxyl groups is 1. The summed E-state index contributed by atoms with van der Waals surface area (Å²) >= 11 is 9.07. The molecule has 0 aromatic heterocycles. The number of piperazine rings is 1. The fourth-order valence-corrected chi connectivity index (χ4v) is 3.10. The van der Waals surface area contributed by atoms with E-state index in [1.807, 2.05) is 0 Å². The molecular formula is C12H14BrClF2N2O. The zero-order valence-corrected chi connectivity index (χ0v) is 12.4. The average Bonchev–Trinajstić information content (AvgIpc) is 2.36. The highest BCUT2D eigenvalue weighted by Gasteiger charge is 2.32. The van der Waals surface area contributed by atoms with E-state index in [2.05, 4.69) is 21.2 Å². The highest BCUT2D eigenvalue weighted by atomic mass is 79.9. The summed E-state index contributed by atoms with van der Waals surface area (Å²) in [4.78, 5) is 1.67. The van der Waals surface area contributed by atoms with Crippen LogP contribution >= 0.6 is 27.5 Å². The lowest BCUT2D eigenvalue weighted by Crippen LogP contribution is -2.46. The second-order valence-corrected chi connectivity index (χ2v) is 5.71. The van der Waals surface area contributed by atoms with Crippen LogP contribution in [0.3, 0.4) is 0 Å². The normalized spacial score (nSPS) is 18.8. The van der Waals surface area contributed by atoms with Gasteiger partial charge in [0.25, 0.3) is 6.43 Å². The van der Waals surface area contributed by atoms with Crippen LogP contribution < -0.4 is 5.32 Å². The molecule has 2 rings (SSSR count). The number of nitrogens with one attached hydrogen (secondary N) is 1. The van der Waals surface area contributed by atoms with Gasteiger partial charge in [-0.1, -0.05) is 27.5 Å². The summed E-state index contributed by atoms with van der Waals surface area (Å²) in [6.07, 6.45) is -2.59. The van der Waals surface area contributed by atoms with Gasteiger partial charge in [0.05, 0.1) is 5.02 Å². The van der Waals surface area contributed by atoms with Crippen molar-refractivity contribution in [3.63, 3.8) is 0 Å². The predicted molar refractivity (Wildman–Crippen MR) is 74.0 cm³/mol. The molecule has 1 aromatic carbocycles. The summed E-state index contributed by atoms with van der Waals surface area (Å²) in [5.41, 5.74) is 0.163. The fourth-order valence-electron chi connectivity index (χ4n) is 2.26. The molecule has 0 saturated carbocycles. The molecule has 1 saturated heterocycles. The number of alkyl halides is 2. The molecule has 106 valence electrons. The second kappa shape index (κ2) is 6.35. The van der Waals surface area contributed by atoms with Gasteiger partial charge in [0.2, 0.25) is 0 Å². The highest BCUT2D eigenvalue weighted by Crippen LogP contribution is 2.39. The lowest BCUT2D eigenvalue weighted by molar-refractivity contribution is 0.0170. The Kier molecular flexibility index (Phi) is 5.00. The Bertz CT molecular complexity index is 456. The van der Waals surface area contributed by atoms with Crippen molar-refractivity contribution in [2.45, 2.75) is 12.5 Å². The van der Waals surface area contributed by atoms with Gasteiger partial charge in [-0.25, -0.2) is 8.78 Å². The zero-order chi connectivity index (χ0) is 14.0. The quantitative estimate of drug-likeness (QED) is 0.875. The van der Waals surface area contributed by atoms with E-state index < -0.39 is 12.5 Å². The molecule has 0 aliphatic carbocycles. The van der Waals surface area contributed by atoms with Crippen molar-refractivity contribution in [1.82, 2.24) is 10.2 Å². The van der Waals surface area contributed by atoms with Gasteiger partial charge in [-0.05, 0) is 12.1 Å². The van der Waals surface area contributed by atoms with Gasteiger partial charge in [0.1, 0.15) is 11.8 Å². The number of hydrogen-bond acceptors (Lipinski definition) is 3. The molecule has 0 radical (unpaired) electrons. The van der Waals surface area contributed by atoms with Gasteiger partial charge in [0, 0.05) is 36.2 Å². The Hall–Kier alpha value is -0.430. The van der Waals surface area contributed by atoms with E-state index in [1.165, 1.54) is 12.1 Å². The van der Waals surface area contributed by atoms with Crippen molar-refractivity contribution in [1.29, 1.82) is 0 Å². The molecule has 3 nitrogen and oxygen atoms in total. The van der Waals surface area contributed by atoms with Gasteiger partial charge in [-0.3, -0.25) is 4.90 Å². The molecule has 19 heavy (non-hydrogen) atoms. The average molecular weight is 356 g/mol. The van der Waals surface area contributed by atoms with Gasteiger partial charge in [-0.2, -0.15) is 0 Å². The third-order valence-electron chi connectivity index (χ3n) is 3.16. The number of nitrogens with zero attached hydrogens (tertiary/aromatic N) is 1. The largest absolute Gasteiger partial charge is 0.506 e. The lowest BCUT2D eigenvalue weighted by atomic mass is 10.0. The van der Waals surface area contributed by atoms with Gasteiger partial charge in [-0.15, -0.1) is 0 Å². The number of phenolic OH excluding ortho intramolecular Hbond substituents is 1. The molecule has 0 amide bonds. The van der Waals surface area contributed by atoms with Crippen molar-refractivity contribution in [3.05, 3.63) is 27.2 Å². The van der Waals surface area contributed by atoms with Crippen LogP contribution in [0.2, 0.25) is 5.02 Å². The summed E-state index contributed by atoms with van der Waals surface area (Å²) < 4.78 is 27.3. The summed E-state index contributed by atoms with van der Waals surface area (Å²) in [6, 6.07) is 1.85. The van der Waals surface area contributed by atoms with E-state index in [0.29, 0.717) is 30.7 Å². The van der Waals surface area contributed by atoms with E-state index in [1.54, 1.807) is 4.90 Å². The summed E-state index contributed by atoms with van der Waals surface area (Å²) in [5, 5.41) is 13.1. The number of phenols is 1. The van der Waals surface area contributed by atoms with Crippen LogP contribution in [0.25, 0.3) is 0 Å². The van der Waals surface area contributed by atoms with Crippen LogP contribution in [0.15, 0.2) is 16.6 Å². The van der Waals surface area contributed by atoms with Crippen molar-refractivity contribution < 1.29 is 13.9 Å². The molecule has 1 heterocycles. The SMILES string of the molecule is Oc1c(Cl)cc(Br)cc1[C@H](C(F)F)N1CCNCC1. The molecule has 1 aliphatic rings. The van der Waals surface area contributed by atoms with Crippen molar-refractivity contribution >= 4 is 27.5 Å². The van der Waals surface area contributed by atoms with E-state index >= 15 is 0 Å². The predicted octanol–water partition coefficient (Wildman–Crippen LogP) is 3.02. The topological polar surface area (TPSA) is 35.5 Å². The maximum atomic E-state index is 13.4. The molecule has 1 aromatic rings. The first-order valence-electron chi connectivity index (χ1n) is 5.91. The first-order valence-corrected chi connectivity index (χ1v) is 7.08. The lowest BCUT2D eigenvalue weighted by Gasteiger charge is -2.35. The Morgan fingerprint density at radius 3 is 2.53 bits per heavy atom. The number of rotatable bonds is 3. The van der Waals surface area contributed by atoms with E-state index in [4.69, 9.17) is 11.6 Å². The third-order valence-corrected chi connectivity index (χ3v) is 3.91. The summed E-state index contributed by atoms with van der Waals surface area (Å²) in [5.74, 6) is -0.270. The third kappa shape index (κ3) is 3.37. The second-order valence-electron chi connectivity index (χ2n) is 4.39. The molecular weight excluding hydrogens is 341 g/mol. The van der Waals surface area contributed by atoms with Crippen LogP contribution in [-0.4, -0.2) is 42.6 Å². The number of hydrogen-bond donors (Lipinski definition) is 2. The molecule has 0 bridgehead atoms. The fraction of sp³-hybridized carbons (Fsp3) is 0.500. The molecule has 1 aliphatic heterocycles. The van der Waals surface area contributed by atoms with Crippen LogP contribution in [0, 0.1) is 0 Å². The van der Waals surface area contributed by atoms with Crippen LogP contribution in [0.1, 0.15) is 11.6 Å². The Balaban J connectivity index is 2.38.